The standard InChI is InChI=1S/C20H32/c1-14-7-6-11-20(5)12-10-17-15(2)8-9-16(13-18(14)20)19(17,3)4/h7,16,18H,6,8-13H2,1-5H3/t16-,18+,20-/m0/s1/i1T3. The number of allylic oxidation sites excluding steroid dienone is 4. The molecule has 0 heteroatoms. The van der Waals surface area contributed by atoms with Crippen LogP contribution in [-0.2, 0) is 0 Å². The Morgan fingerprint density at radius 3 is 2.75 bits per heavy atom. The number of hydrogen-bond donors (Lipinski definition) is 0. The van der Waals surface area contributed by atoms with E-state index in [2.05, 4.69) is 33.8 Å². The lowest BCUT2D eigenvalue weighted by Crippen LogP contribution is -2.41. The van der Waals surface area contributed by atoms with Crippen molar-refractivity contribution in [3.05, 3.63) is 22.8 Å². The molecule has 0 amide bonds. The summed E-state index contributed by atoms with van der Waals surface area (Å²) in [5, 5.41) is 0. The summed E-state index contributed by atoms with van der Waals surface area (Å²) in [5.74, 6) is 0.864. The zero-order chi connectivity index (χ0) is 17.0. The van der Waals surface area contributed by atoms with E-state index in [0.717, 1.165) is 37.7 Å². The summed E-state index contributed by atoms with van der Waals surface area (Å²) in [6, 6.07) is 0. The molecule has 20 heavy (non-hydrogen) atoms. The molecule has 1 saturated carbocycles. The van der Waals surface area contributed by atoms with Crippen LogP contribution in [0.4, 0.5) is 0 Å². The maximum Gasteiger partial charge on any atom is 0.0276 e. The molecule has 3 rings (SSSR count). The Morgan fingerprint density at radius 2 is 2.00 bits per heavy atom. The van der Waals surface area contributed by atoms with Crippen molar-refractivity contribution in [2.45, 2.75) is 79.5 Å². The fourth-order valence-electron chi connectivity index (χ4n) is 5.30. The molecule has 0 N–H and O–H groups in total. The van der Waals surface area contributed by atoms with Gasteiger partial charge in [-0.2, -0.15) is 0 Å². The van der Waals surface area contributed by atoms with Crippen molar-refractivity contribution < 1.29 is 4.11 Å². The second kappa shape index (κ2) is 4.75. The fraction of sp³-hybridized carbons (Fsp3) is 0.800. The molecule has 0 nitrogen and oxygen atoms in total. The van der Waals surface area contributed by atoms with Gasteiger partial charge in [0.2, 0.25) is 0 Å². The predicted molar refractivity (Wildman–Crippen MR) is 87.6 cm³/mol. The Labute approximate surface area is 129 Å². The lowest BCUT2D eigenvalue weighted by Gasteiger charge is -2.52. The Hall–Kier alpha value is -0.520. The van der Waals surface area contributed by atoms with Crippen molar-refractivity contribution in [1.82, 2.24) is 0 Å². The molecule has 0 radical (unpaired) electrons. The highest BCUT2D eigenvalue weighted by atomic mass is 14.5. The van der Waals surface area contributed by atoms with Gasteiger partial charge in [-0.3, -0.25) is 0 Å². The van der Waals surface area contributed by atoms with E-state index in [1.165, 1.54) is 12.8 Å². The molecule has 0 aromatic heterocycles. The molecule has 0 heterocycles. The Morgan fingerprint density at radius 1 is 1.20 bits per heavy atom. The van der Waals surface area contributed by atoms with E-state index in [9.17, 15) is 0 Å². The van der Waals surface area contributed by atoms with Crippen molar-refractivity contribution >= 4 is 0 Å². The minimum absolute atomic E-state index is 0.163. The largest absolute Gasteiger partial charge is 0.0853 e. The number of rotatable bonds is 0. The molecule has 3 aliphatic rings. The van der Waals surface area contributed by atoms with Crippen molar-refractivity contribution in [3.8, 4) is 0 Å². The van der Waals surface area contributed by atoms with Gasteiger partial charge < -0.3 is 0 Å². The van der Waals surface area contributed by atoms with Crippen LogP contribution in [0.1, 0.15) is 83.6 Å². The SMILES string of the molecule is [3H]C([3H])([3H])C1=CCC[C@@]2(C)CCC3=C(C)CC[C@@H](C[C@H]12)C3(C)C. The van der Waals surface area contributed by atoms with Crippen LogP contribution in [0.3, 0.4) is 0 Å². The normalized spacial score (nSPS) is 43.4. The molecule has 3 atom stereocenters. The summed E-state index contributed by atoms with van der Waals surface area (Å²) >= 11 is 0. The zero-order valence-corrected chi connectivity index (χ0v) is 13.7. The highest BCUT2D eigenvalue weighted by Gasteiger charge is 2.46. The molecule has 0 unspecified atom stereocenters. The van der Waals surface area contributed by atoms with E-state index < -0.39 is 6.85 Å². The van der Waals surface area contributed by atoms with Crippen molar-refractivity contribution in [1.29, 1.82) is 0 Å². The minimum atomic E-state index is -1.92. The van der Waals surface area contributed by atoms with E-state index in [0.29, 0.717) is 5.92 Å². The molecule has 112 valence electrons. The monoisotopic (exact) mass is 278 g/mol. The van der Waals surface area contributed by atoms with Crippen LogP contribution in [0.15, 0.2) is 22.8 Å². The van der Waals surface area contributed by atoms with Gasteiger partial charge in [-0.1, -0.05) is 43.6 Å². The average molecular weight is 279 g/mol. The Balaban J connectivity index is 2.03. The van der Waals surface area contributed by atoms with Crippen LogP contribution in [0.25, 0.3) is 0 Å². The molecule has 0 aromatic rings. The van der Waals surface area contributed by atoms with Gasteiger partial charge in [0.05, 0.1) is 0 Å². The number of hydrogen-bond acceptors (Lipinski definition) is 0. The summed E-state index contributed by atoms with van der Waals surface area (Å²) in [6.07, 6.45) is 9.94. The first-order valence-corrected chi connectivity index (χ1v) is 8.45. The van der Waals surface area contributed by atoms with E-state index in [-0.39, 0.29) is 16.7 Å². The average Bonchev–Trinajstić information content (AvgIpc) is 2.41. The highest BCUT2D eigenvalue weighted by molar-refractivity contribution is 5.27. The number of fused-ring (bicyclic) bond motifs is 3. The molecule has 0 aliphatic heterocycles. The van der Waals surface area contributed by atoms with Gasteiger partial charge in [0.1, 0.15) is 0 Å². The summed E-state index contributed by atoms with van der Waals surface area (Å²) < 4.78 is 24.1. The van der Waals surface area contributed by atoms with E-state index in [1.807, 2.05) is 0 Å². The third-order valence-electron chi connectivity index (χ3n) is 6.94. The molecular formula is C20H32. The van der Waals surface area contributed by atoms with Crippen LogP contribution in [0.5, 0.6) is 0 Å². The molecule has 0 spiro atoms. The molecule has 0 saturated heterocycles. The molecule has 1 fully saturated rings. The predicted octanol–water partition coefficient (Wildman–Crippen LogP) is 6.29. The van der Waals surface area contributed by atoms with Crippen molar-refractivity contribution in [3.63, 3.8) is 0 Å². The Kier molecular flexibility index (Phi) is 2.64. The van der Waals surface area contributed by atoms with Gasteiger partial charge >= 0.3 is 0 Å². The summed E-state index contributed by atoms with van der Waals surface area (Å²) in [4.78, 5) is 0. The first-order chi connectivity index (χ1) is 10.6. The second-order valence-corrected chi connectivity index (χ2v) is 8.36. The van der Waals surface area contributed by atoms with Crippen LogP contribution in [0, 0.1) is 22.7 Å². The van der Waals surface area contributed by atoms with E-state index >= 15 is 0 Å². The third kappa shape index (κ3) is 2.11. The highest BCUT2D eigenvalue weighted by Crippen LogP contribution is 2.57. The summed E-state index contributed by atoms with van der Waals surface area (Å²) in [7, 11) is 0. The van der Waals surface area contributed by atoms with Crippen LogP contribution in [-0.4, -0.2) is 0 Å². The molecule has 2 bridgehead atoms. The molecule has 3 aliphatic carbocycles. The lowest BCUT2D eigenvalue weighted by atomic mass is 9.53. The van der Waals surface area contributed by atoms with Gasteiger partial charge in [0.25, 0.3) is 0 Å². The lowest BCUT2D eigenvalue weighted by molar-refractivity contribution is 0.0802. The van der Waals surface area contributed by atoms with Gasteiger partial charge in [-0.15, -0.1) is 0 Å². The maximum atomic E-state index is 8.03. The quantitative estimate of drug-likeness (QED) is 0.457. The van der Waals surface area contributed by atoms with Gasteiger partial charge in [0, 0.05) is 4.11 Å². The van der Waals surface area contributed by atoms with Gasteiger partial charge in [-0.05, 0) is 81.4 Å². The molecular weight excluding hydrogens is 240 g/mol. The maximum absolute atomic E-state index is 8.03. The topological polar surface area (TPSA) is 0 Å². The Bertz CT molecular complexity index is 550. The smallest absolute Gasteiger partial charge is 0.0276 e. The fourth-order valence-corrected chi connectivity index (χ4v) is 5.30. The third-order valence-corrected chi connectivity index (χ3v) is 6.94. The summed E-state index contributed by atoms with van der Waals surface area (Å²) in [6.45, 7) is 7.57. The zero-order valence-electron chi connectivity index (χ0n) is 16.7. The van der Waals surface area contributed by atoms with E-state index in [1.54, 1.807) is 11.1 Å². The summed E-state index contributed by atoms with van der Waals surface area (Å²) in [5.41, 5.74) is 4.46. The minimum Gasteiger partial charge on any atom is -0.0853 e. The van der Waals surface area contributed by atoms with Crippen LogP contribution in [0.2, 0.25) is 0 Å². The first kappa shape index (κ1) is 11.1. The van der Waals surface area contributed by atoms with Crippen molar-refractivity contribution in [2.24, 2.45) is 22.7 Å². The molecule has 0 aromatic carbocycles. The van der Waals surface area contributed by atoms with E-state index in [4.69, 9.17) is 4.11 Å². The second-order valence-electron chi connectivity index (χ2n) is 8.36. The van der Waals surface area contributed by atoms with Gasteiger partial charge in [0.15, 0.2) is 0 Å². The van der Waals surface area contributed by atoms with Crippen LogP contribution < -0.4 is 0 Å². The van der Waals surface area contributed by atoms with Crippen molar-refractivity contribution in [2.75, 3.05) is 0 Å². The first-order valence-electron chi connectivity index (χ1n) is 9.95. The van der Waals surface area contributed by atoms with Crippen LogP contribution >= 0.6 is 0 Å². The van der Waals surface area contributed by atoms with Gasteiger partial charge in [-0.25, -0.2) is 0 Å².